The summed E-state index contributed by atoms with van der Waals surface area (Å²) >= 11 is 0. The Hall–Kier alpha value is -2.80. The van der Waals surface area contributed by atoms with E-state index in [1.54, 1.807) is 12.1 Å². The van der Waals surface area contributed by atoms with Crippen LogP contribution < -0.4 is 10.2 Å². The van der Waals surface area contributed by atoms with Crippen molar-refractivity contribution in [3.05, 3.63) is 59.7 Å². The quantitative estimate of drug-likeness (QED) is 0.905. The van der Waals surface area contributed by atoms with Gasteiger partial charge in [0.2, 0.25) is 5.91 Å². The predicted molar refractivity (Wildman–Crippen MR) is 77.3 cm³/mol. The SMILES string of the molecule is N#Cc1ccc2c(c1)N(Cc1ccccc1)CC(=O)N2. The molecule has 1 aliphatic heterocycles. The molecule has 1 heterocycles. The summed E-state index contributed by atoms with van der Waals surface area (Å²) in [5, 5.41) is 11.8. The zero-order valence-corrected chi connectivity index (χ0v) is 10.8. The fraction of sp³-hybridized carbons (Fsp3) is 0.125. The second-order valence-corrected chi connectivity index (χ2v) is 4.73. The van der Waals surface area contributed by atoms with Gasteiger partial charge in [0, 0.05) is 6.54 Å². The van der Waals surface area contributed by atoms with E-state index in [4.69, 9.17) is 5.26 Å². The number of hydrogen-bond donors (Lipinski definition) is 1. The van der Waals surface area contributed by atoms with Crippen LogP contribution in [0.4, 0.5) is 11.4 Å². The van der Waals surface area contributed by atoms with Gasteiger partial charge in [-0.3, -0.25) is 4.79 Å². The van der Waals surface area contributed by atoms with E-state index in [-0.39, 0.29) is 5.91 Å². The van der Waals surface area contributed by atoms with Crippen LogP contribution in [0.15, 0.2) is 48.5 Å². The monoisotopic (exact) mass is 263 g/mol. The van der Waals surface area contributed by atoms with Crippen LogP contribution in [0, 0.1) is 11.3 Å². The Balaban J connectivity index is 1.96. The van der Waals surface area contributed by atoms with E-state index in [0.29, 0.717) is 18.7 Å². The number of nitriles is 1. The van der Waals surface area contributed by atoms with Crippen molar-refractivity contribution in [3.63, 3.8) is 0 Å². The molecule has 4 nitrogen and oxygen atoms in total. The van der Waals surface area contributed by atoms with Crippen LogP contribution in [0.5, 0.6) is 0 Å². The summed E-state index contributed by atoms with van der Waals surface area (Å²) < 4.78 is 0. The second kappa shape index (κ2) is 5.06. The summed E-state index contributed by atoms with van der Waals surface area (Å²) in [5.74, 6) is -0.0295. The molecule has 0 fully saturated rings. The van der Waals surface area contributed by atoms with Crippen LogP contribution in [-0.2, 0) is 11.3 Å². The van der Waals surface area contributed by atoms with Gasteiger partial charge in [-0.2, -0.15) is 5.26 Å². The third-order valence-corrected chi connectivity index (χ3v) is 3.29. The highest BCUT2D eigenvalue weighted by Gasteiger charge is 2.22. The van der Waals surface area contributed by atoms with Crippen molar-refractivity contribution >= 4 is 17.3 Å². The van der Waals surface area contributed by atoms with Gasteiger partial charge in [-0.15, -0.1) is 0 Å². The molecule has 3 rings (SSSR count). The molecule has 4 heteroatoms. The van der Waals surface area contributed by atoms with E-state index in [2.05, 4.69) is 11.4 Å². The van der Waals surface area contributed by atoms with Gasteiger partial charge in [0.25, 0.3) is 0 Å². The Morgan fingerprint density at radius 2 is 2.00 bits per heavy atom. The molecule has 0 unspecified atom stereocenters. The van der Waals surface area contributed by atoms with E-state index in [1.807, 2.05) is 41.3 Å². The molecule has 0 saturated heterocycles. The van der Waals surface area contributed by atoms with E-state index < -0.39 is 0 Å². The number of nitrogens with zero attached hydrogens (tertiary/aromatic N) is 2. The standard InChI is InChI=1S/C16H13N3O/c17-9-13-6-7-14-15(8-13)19(11-16(20)18-14)10-12-4-2-1-3-5-12/h1-8H,10-11H2,(H,18,20). The maximum Gasteiger partial charge on any atom is 0.243 e. The van der Waals surface area contributed by atoms with Gasteiger partial charge in [-0.25, -0.2) is 0 Å². The van der Waals surface area contributed by atoms with Crippen LogP contribution in [0.2, 0.25) is 0 Å². The molecule has 1 aliphatic rings. The fourth-order valence-corrected chi connectivity index (χ4v) is 2.36. The maximum absolute atomic E-state index is 11.8. The number of hydrogen-bond acceptors (Lipinski definition) is 3. The lowest BCUT2D eigenvalue weighted by molar-refractivity contribution is -0.115. The first-order valence-electron chi connectivity index (χ1n) is 6.39. The normalized spacial score (nSPS) is 13.3. The molecule has 1 amide bonds. The predicted octanol–water partition coefficient (Wildman–Crippen LogP) is 2.52. The van der Waals surface area contributed by atoms with Gasteiger partial charge in [0.1, 0.15) is 0 Å². The summed E-state index contributed by atoms with van der Waals surface area (Å²) in [6.07, 6.45) is 0. The summed E-state index contributed by atoms with van der Waals surface area (Å²) in [7, 11) is 0. The molecule has 0 radical (unpaired) electrons. The van der Waals surface area contributed by atoms with Crippen LogP contribution >= 0.6 is 0 Å². The number of anilines is 2. The van der Waals surface area contributed by atoms with Crippen LogP contribution in [-0.4, -0.2) is 12.5 Å². The zero-order chi connectivity index (χ0) is 13.9. The number of carbonyl (C=O) groups is 1. The Morgan fingerprint density at radius 1 is 1.20 bits per heavy atom. The van der Waals surface area contributed by atoms with Crippen molar-refractivity contribution in [2.75, 3.05) is 16.8 Å². The maximum atomic E-state index is 11.8. The number of rotatable bonds is 2. The molecule has 0 saturated carbocycles. The number of nitrogens with one attached hydrogen (secondary N) is 1. The minimum Gasteiger partial charge on any atom is -0.356 e. The number of benzene rings is 2. The molecule has 0 bridgehead atoms. The fourth-order valence-electron chi connectivity index (χ4n) is 2.36. The van der Waals surface area contributed by atoms with Gasteiger partial charge >= 0.3 is 0 Å². The van der Waals surface area contributed by atoms with Gasteiger partial charge in [0.15, 0.2) is 0 Å². The van der Waals surface area contributed by atoms with E-state index in [1.165, 1.54) is 0 Å². The molecular formula is C16H13N3O. The zero-order valence-electron chi connectivity index (χ0n) is 10.8. The van der Waals surface area contributed by atoms with Crippen LogP contribution in [0.25, 0.3) is 0 Å². The lowest BCUT2D eigenvalue weighted by atomic mass is 10.1. The highest BCUT2D eigenvalue weighted by Crippen LogP contribution is 2.31. The van der Waals surface area contributed by atoms with Gasteiger partial charge < -0.3 is 10.2 Å². The van der Waals surface area contributed by atoms with Crippen LogP contribution in [0.1, 0.15) is 11.1 Å². The minimum absolute atomic E-state index is 0.0295. The van der Waals surface area contributed by atoms with Crippen molar-refractivity contribution in [1.82, 2.24) is 0 Å². The van der Waals surface area contributed by atoms with E-state index >= 15 is 0 Å². The molecular weight excluding hydrogens is 250 g/mol. The minimum atomic E-state index is -0.0295. The van der Waals surface area contributed by atoms with Crippen molar-refractivity contribution < 1.29 is 4.79 Å². The first-order valence-corrected chi connectivity index (χ1v) is 6.39. The Morgan fingerprint density at radius 3 is 2.75 bits per heavy atom. The topological polar surface area (TPSA) is 56.1 Å². The first-order chi connectivity index (χ1) is 9.76. The summed E-state index contributed by atoms with van der Waals surface area (Å²) in [4.78, 5) is 13.8. The summed E-state index contributed by atoms with van der Waals surface area (Å²) in [6.45, 7) is 0.951. The second-order valence-electron chi connectivity index (χ2n) is 4.73. The van der Waals surface area contributed by atoms with E-state index in [9.17, 15) is 4.79 Å². The Kier molecular flexibility index (Phi) is 3.10. The highest BCUT2D eigenvalue weighted by molar-refractivity contribution is 6.01. The number of amides is 1. The average Bonchev–Trinajstić information content (AvgIpc) is 2.48. The summed E-state index contributed by atoms with van der Waals surface area (Å²) in [6, 6.07) is 17.4. The Labute approximate surface area is 117 Å². The molecule has 0 spiro atoms. The highest BCUT2D eigenvalue weighted by atomic mass is 16.2. The molecule has 98 valence electrons. The lowest BCUT2D eigenvalue weighted by Crippen LogP contribution is -2.37. The smallest absolute Gasteiger partial charge is 0.243 e. The molecule has 0 atom stereocenters. The van der Waals surface area contributed by atoms with Crippen molar-refractivity contribution in [1.29, 1.82) is 5.26 Å². The number of fused-ring (bicyclic) bond motifs is 1. The van der Waals surface area contributed by atoms with E-state index in [0.717, 1.165) is 16.9 Å². The van der Waals surface area contributed by atoms with Gasteiger partial charge in [-0.1, -0.05) is 30.3 Å². The average molecular weight is 263 g/mol. The van der Waals surface area contributed by atoms with Gasteiger partial charge in [0.05, 0.1) is 29.6 Å². The number of carbonyl (C=O) groups excluding carboxylic acids is 1. The third-order valence-electron chi connectivity index (χ3n) is 3.29. The molecule has 2 aromatic rings. The largest absolute Gasteiger partial charge is 0.356 e. The van der Waals surface area contributed by atoms with Crippen molar-refractivity contribution in [3.8, 4) is 6.07 Å². The molecule has 0 aromatic heterocycles. The van der Waals surface area contributed by atoms with Crippen LogP contribution in [0.3, 0.4) is 0 Å². The van der Waals surface area contributed by atoms with Gasteiger partial charge in [-0.05, 0) is 23.8 Å². The third kappa shape index (κ3) is 2.34. The van der Waals surface area contributed by atoms with Crippen molar-refractivity contribution in [2.45, 2.75) is 6.54 Å². The first kappa shape index (κ1) is 12.2. The lowest BCUT2D eigenvalue weighted by Gasteiger charge is -2.31. The molecule has 2 aromatic carbocycles. The van der Waals surface area contributed by atoms with Crippen molar-refractivity contribution in [2.24, 2.45) is 0 Å². The molecule has 20 heavy (non-hydrogen) atoms. The molecule has 1 N–H and O–H groups in total. The molecule has 0 aliphatic carbocycles. The summed E-state index contributed by atoms with van der Waals surface area (Å²) in [5.41, 5.74) is 3.39. The Bertz CT molecular complexity index is 689.